The summed E-state index contributed by atoms with van der Waals surface area (Å²) in [5, 5.41) is 0.223. The highest BCUT2D eigenvalue weighted by molar-refractivity contribution is 7.91. The molecule has 0 amide bonds. The van der Waals surface area contributed by atoms with Crippen molar-refractivity contribution in [3.8, 4) is 0 Å². The second-order valence-corrected chi connectivity index (χ2v) is 9.45. The highest BCUT2D eigenvalue weighted by Gasteiger charge is 2.32. The lowest BCUT2D eigenvalue weighted by atomic mass is 10.3. The quantitative estimate of drug-likeness (QED) is 0.605. The van der Waals surface area contributed by atoms with E-state index < -0.39 is 9.84 Å². The van der Waals surface area contributed by atoms with Gasteiger partial charge in [-0.1, -0.05) is 6.92 Å². The zero-order valence-corrected chi connectivity index (χ0v) is 16.9. The highest BCUT2D eigenvalue weighted by atomic mass is 32.2. The summed E-state index contributed by atoms with van der Waals surface area (Å²) in [5.41, 5.74) is 0.973. The van der Waals surface area contributed by atoms with Crippen molar-refractivity contribution in [1.29, 1.82) is 0 Å². The number of hydrogen-bond donors (Lipinski definition) is 0. The zero-order valence-electron chi connectivity index (χ0n) is 16.1. The summed E-state index contributed by atoms with van der Waals surface area (Å²) in [6.07, 6.45) is 4.97. The lowest BCUT2D eigenvalue weighted by Crippen LogP contribution is -2.46. The first-order chi connectivity index (χ1) is 12.5. The topological polar surface area (TPSA) is 67.7 Å². The average molecular weight is 385 g/mol. The fourth-order valence-electron chi connectivity index (χ4n) is 3.57. The number of piperazine rings is 1. The monoisotopic (exact) mass is 384 g/mol. The Kier molecular flexibility index (Phi) is 6.71. The Labute approximate surface area is 157 Å². The van der Waals surface area contributed by atoms with Crippen LogP contribution >= 0.6 is 0 Å². The molecule has 1 aliphatic carbocycles. The molecule has 0 unspecified atom stereocenters. The molecule has 26 heavy (non-hydrogen) atoms. The van der Waals surface area contributed by atoms with E-state index in [9.17, 15) is 8.42 Å². The van der Waals surface area contributed by atoms with Gasteiger partial charge in [0, 0.05) is 46.4 Å². The van der Waals surface area contributed by atoms with Gasteiger partial charge in [0.2, 0.25) is 15.0 Å². The van der Waals surface area contributed by atoms with Crippen LogP contribution in [0.2, 0.25) is 0 Å². The van der Waals surface area contributed by atoms with Crippen LogP contribution in [0.4, 0.5) is 0 Å². The molecule has 1 saturated heterocycles. The summed E-state index contributed by atoms with van der Waals surface area (Å²) in [4.78, 5) is 9.20. The third-order valence-corrected chi connectivity index (χ3v) is 7.03. The van der Waals surface area contributed by atoms with Gasteiger partial charge in [-0.05, 0) is 31.7 Å². The van der Waals surface area contributed by atoms with Crippen molar-refractivity contribution in [2.45, 2.75) is 44.4 Å². The Morgan fingerprint density at radius 1 is 1.15 bits per heavy atom. The standard InChI is InChI=1S/C18H32N4O3S/c1-3-6-20-7-9-21(10-8-20)14-17-13-19-18(22(17)11-12-25-2)26(23,24)15-16-4-5-16/h13,16H,3-12,14-15H2,1-2H3. The number of ether oxygens (including phenoxy) is 1. The van der Waals surface area contributed by atoms with Crippen LogP contribution in [0.1, 0.15) is 31.9 Å². The predicted octanol–water partition coefficient (Wildman–Crippen LogP) is 1.24. The summed E-state index contributed by atoms with van der Waals surface area (Å²) in [5.74, 6) is 0.550. The molecule has 1 aliphatic heterocycles. The Balaban J connectivity index is 1.70. The SMILES string of the molecule is CCCN1CCN(Cc2cnc(S(=O)(=O)CC3CC3)n2CCOC)CC1. The Bertz CT molecular complexity index is 677. The molecule has 0 N–H and O–H groups in total. The van der Waals surface area contributed by atoms with E-state index in [1.807, 2.05) is 4.57 Å². The van der Waals surface area contributed by atoms with Gasteiger partial charge in [0.15, 0.2) is 0 Å². The molecule has 2 fully saturated rings. The van der Waals surface area contributed by atoms with Gasteiger partial charge in [0.25, 0.3) is 0 Å². The number of aromatic nitrogens is 2. The maximum atomic E-state index is 12.7. The lowest BCUT2D eigenvalue weighted by Gasteiger charge is -2.34. The van der Waals surface area contributed by atoms with E-state index in [2.05, 4.69) is 21.7 Å². The van der Waals surface area contributed by atoms with Crippen molar-refractivity contribution in [3.63, 3.8) is 0 Å². The van der Waals surface area contributed by atoms with Crippen LogP contribution in [0.3, 0.4) is 0 Å². The molecule has 2 aliphatic rings. The molecular formula is C18H32N4O3S. The summed E-state index contributed by atoms with van der Waals surface area (Å²) in [6, 6.07) is 0. The molecule has 148 valence electrons. The predicted molar refractivity (Wildman–Crippen MR) is 101 cm³/mol. The third kappa shape index (κ3) is 5.06. The first kappa shape index (κ1) is 19.8. The molecule has 1 saturated carbocycles. The van der Waals surface area contributed by atoms with Gasteiger partial charge in [0.05, 0.1) is 24.3 Å². The number of imidazole rings is 1. The van der Waals surface area contributed by atoms with Crippen molar-refractivity contribution in [1.82, 2.24) is 19.4 Å². The molecule has 0 aromatic carbocycles. The fraction of sp³-hybridized carbons (Fsp3) is 0.833. The molecule has 0 atom stereocenters. The molecule has 1 aromatic rings. The van der Waals surface area contributed by atoms with E-state index in [4.69, 9.17) is 4.74 Å². The lowest BCUT2D eigenvalue weighted by molar-refractivity contribution is 0.123. The van der Waals surface area contributed by atoms with Crippen LogP contribution < -0.4 is 0 Å². The van der Waals surface area contributed by atoms with Crippen LogP contribution in [0.15, 0.2) is 11.4 Å². The van der Waals surface area contributed by atoms with Gasteiger partial charge in [-0.3, -0.25) is 4.90 Å². The van der Waals surface area contributed by atoms with Gasteiger partial charge < -0.3 is 14.2 Å². The molecule has 8 heteroatoms. The van der Waals surface area contributed by atoms with Crippen LogP contribution in [-0.4, -0.2) is 80.0 Å². The maximum absolute atomic E-state index is 12.7. The third-order valence-electron chi connectivity index (χ3n) is 5.24. The molecule has 1 aromatic heterocycles. The number of sulfone groups is 1. The molecule has 0 spiro atoms. The number of nitrogens with zero attached hydrogens (tertiary/aromatic N) is 4. The second kappa shape index (κ2) is 8.82. The van der Waals surface area contributed by atoms with Crippen molar-refractivity contribution in [3.05, 3.63) is 11.9 Å². The first-order valence-electron chi connectivity index (χ1n) is 9.74. The molecule has 0 radical (unpaired) electrons. The van der Waals surface area contributed by atoms with Gasteiger partial charge in [-0.25, -0.2) is 13.4 Å². The Hall–Kier alpha value is -0.960. The van der Waals surface area contributed by atoms with Crippen LogP contribution in [-0.2, 0) is 27.7 Å². The van der Waals surface area contributed by atoms with E-state index in [0.717, 1.165) is 57.8 Å². The smallest absolute Gasteiger partial charge is 0.227 e. The summed E-state index contributed by atoms with van der Waals surface area (Å²) in [6.45, 7) is 9.31. The van der Waals surface area contributed by atoms with Crippen LogP contribution in [0.25, 0.3) is 0 Å². The molecule has 3 rings (SSSR count). The van der Waals surface area contributed by atoms with Gasteiger partial charge in [-0.15, -0.1) is 0 Å². The molecule has 0 bridgehead atoms. The van der Waals surface area contributed by atoms with Gasteiger partial charge in [-0.2, -0.15) is 0 Å². The summed E-state index contributed by atoms with van der Waals surface area (Å²) >= 11 is 0. The van der Waals surface area contributed by atoms with Crippen molar-refractivity contribution >= 4 is 9.84 Å². The normalized spacial score (nSPS) is 19.9. The van der Waals surface area contributed by atoms with E-state index >= 15 is 0 Å². The maximum Gasteiger partial charge on any atom is 0.227 e. The van der Waals surface area contributed by atoms with Gasteiger partial charge >= 0.3 is 0 Å². The summed E-state index contributed by atoms with van der Waals surface area (Å²) in [7, 11) is -1.68. The number of methoxy groups -OCH3 is 1. The molecule has 2 heterocycles. The minimum Gasteiger partial charge on any atom is -0.383 e. The zero-order chi connectivity index (χ0) is 18.6. The first-order valence-corrected chi connectivity index (χ1v) is 11.4. The number of hydrogen-bond acceptors (Lipinski definition) is 6. The highest BCUT2D eigenvalue weighted by Crippen LogP contribution is 2.32. The molecular weight excluding hydrogens is 352 g/mol. The summed E-state index contributed by atoms with van der Waals surface area (Å²) < 4.78 is 32.5. The van der Waals surface area contributed by atoms with Gasteiger partial charge in [0.1, 0.15) is 0 Å². The minimum atomic E-state index is -3.32. The molecule has 7 nitrogen and oxygen atoms in total. The largest absolute Gasteiger partial charge is 0.383 e. The number of rotatable bonds is 10. The van der Waals surface area contributed by atoms with E-state index in [0.29, 0.717) is 19.1 Å². The van der Waals surface area contributed by atoms with E-state index in [1.165, 1.54) is 6.42 Å². The fourth-order valence-corrected chi connectivity index (χ4v) is 5.43. The van der Waals surface area contributed by atoms with Crippen molar-refractivity contribution in [2.24, 2.45) is 5.92 Å². The Morgan fingerprint density at radius 3 is 2.46 bits per heavy atom. The van der Waals surface area contributed by atoms with Crippen molar-refractivity contribution < 1.29 is 13.2 Å². The van der Waals surface area contributed by atoms with E-state index in [-0.39, 0.29) is 10.9 Å². The average Bonchev–Trinajstić information content (AvgIpc) is 3.32. The minimum absolute atomic E-state index is 0.223. The second-order valence-electron chi connectivity index (χ2n) is 7.52. The van der Waals surface area contributed by atoms with Crippen LogP contribution in [0.5, 0.6) is 0 Å². The Morgan fingerprint density at radius 2 is 1.85 bits per heavy atom. The van der Waals surface area contributed by atoms with E-state index in [1.54, 1.807) is 13.3 Å². The van der Waals surface area contributed by atoms with Crippen molar-refractivity contribution in [2.75, 3.05) is 52.2 Å². The van der Waals surface area contributed by atoms with Crippen LogP contribution in [0, 0.1) is 5.92 Å².